The normalized spacial score (nSPS) is 12.8. The van der Waals surface area contributed by atoms with E-state index in [1.54, 1.807) is 0 Å². The number of halogens is 1. The monoisotopic (exact) mass is 214 g/mol. The highest BCUT2D eigenvalue weighted by Gasteiger charge is 2.21. The summed E-state index contributed by atoms with van der Waals surface area (Å²) in [7, 11) is 0. The van der Waals surface area contributed by atoms with Crippen molar-refractivity contribution in [3.63, 3.8) is 0 Å². The molecular weight excluding hydrogens is 195 g/mol. The molecule has 0 saturated carbocycles. The molecule has 0 aromatic rings. The predicted molar refractivity (Wildman–Crippen MR) is 52.3 cm³/mol. The van der Waals surface area contributed by atoms with Gasteiger partial charge in [0, 0.05) is 0 Å². The summed E-state index contributed by atoms with van der Waals surface area (Å²) in [4.78, 5) is 0. The molecule has 0 atom stereocenters. The molecule has 0 amide bonds. The molecule has 0 fully saturated rings. The van der Waals surface area contributed by atoms with Crippen molar-refractivity contribution in [1.29, 1.82) is 0 Å². The van der Waals surface area contributed by atoms with E-state index < -0.39 is 22.6 Å². The standard InChI is InChI=1S/C8H18O3S.FH/c1-7(2,3)10-12(9)11-8(4,5)6;/h1-6H3;1H. The summed E-state index contributed by atoms with van der Waals surface area (Å²) in [5.74, 6) is 0. The van der Waals surface area contributed by atoms with E-state index in [0.717, 1.165) is 0 Å². The fraction of sp³-hybridized carbons (Fsp3) is 1.00. The Bertz CT molecular complexity index is 151. The summed E-state index contributed by atoms with van der Waals surface area (Å²) in [5, 5.41) is 0. The number of hydrogen-bond acceptors (Lipinski definition) is 3. The van der Waals surface area contributed by atoms with E-state index in [-0.39, 0.29) is 4.70 Å². The van der Waals surface area contributed by atoms with E-state index in [0.29, 0.717) is 0 Å². The average molecular weight is 214 g/mol. The first-order valence-electron chi connectivity index (χ1n) is 3.91. The van der Waals surface area contributed by atoms with E-state index in [1.807, 2.05) is 41.5 Å². The third kappa shape index (κ3) is 12.0. The lowest BCUT2D eigenvalue weighted by Gasteiger charge is -2.22. The maximum atomic E-state index is 11.1. The largest absolute Gasteiger partial charge is 0.305 e. The van der Waals surface area contributed by atoms with Gasteiger partial charge in [0.15, 0.2) is 0 Å². The Balaban J connectivity index is 0. The topological polar surface area (TPSA) is 35.5 Å². The van der Waals surface area contributed by atoms with Crippen molar-refractivity contribution in [2.75, 3.05) is 0 Å². The quantitative estimate of drug-likeness (QED) is 0.707. The summed E-state index contributed by atoms with van der Waals surface area (Å²) in [6.07, 6.45) is 0. The first kappa shape index (κ1) is 15.5. The van der Waals surface area contributed by atoms with Crippen LogP contribution in [0.3, 0.4) is 0 Å². The molecule has 3 nitrogen and oxygen atoms in total. The molecule has 0 bridgehead atoms. The van der Waals surface area contributed by atoms with Crippen LogP contribution in [0.25, 0.3) is 0 Å². The molecule has 82 valence electrons. The summed E-state index contributed by atoms with van der Waals surface area (Å²) in [6.45, 7) is 11.0. The van der Waals surface area contributed by atoms with Crippen LogP contribution in [0.5, 0.6) is 0 Å². The van der Waals surface area contributed by atoms with Crippen LogP contribution in [0.15, 0.2) is 0 Å². The first-order valence-corrected chi connectivity index (χ1v) is 4.91. The third-order valence-corrected chi connectivity index (χ3v) is 1.91. The molecule has 0 aliphatic heterocycles. The van der Waals surface area contributed by atoms with Crippen LogP contribution in [-0.4, -0.2) is 15.4 Å². The van der Waals surface area contributed by atoms with Gasteiger partial charge < -0.3 is 0 Å². The Hall–Kier alpha value is -0.0000000000000000278. The van der Waals surface area contributed by atoms with Gasteiger partial charge in [-0.1, -0.05) is 0 Å². The Morgan fingerprint density at radius 2 is 1.08 bits per heavy atom. The van der Waals surface area contributed by atoms with Gasteiger partial charge >= 0.3 is 11.4 Å². The molecule has 0 unspecified atom stereocenters. The second-order valence-electron chi connectivity index (χ2n) is 4.60. The van der Waals surface area contributed by atoms with Gasteiger partial charge in [0.25, 0.3) is 0 Å². The van der Waals surface area contributed by atoms with Gasteiger partial charge in [-0.3, -0.25) is 13.1 Å². The zero-order valence-corrected chi connectivity index (χ0v) is 9.86. The van der Waals surface area contributed by atoms with Crippen LogP contribution < -0.4 is 0 Å². The number of rotatable bonds is 2. The number of hydrogen-bond donors (Lipinski definition) is 0. The fourth-order valence-electron chi connectivity index (χ4n) is 0.425. The molecule has 0 aliphatic carbocycles. The van der Waals surface area contributed by atoms with Crippen molar-refractivity contribution < 1.29 is 17.3 Å². The molecule has 0 N–H and O–H groups in total. The summed E-state index contributed by atoms with van der Waals surface area (Å²) in [6, 6.07) is 0. The SMILES string of the molecule is CC(C)(C)OS(=O)OC(C)(C)C.F. The lowest BCUT2D eigenvalue weighted by atomic mass is 10.2. The van der Waals surface area contributed by atoms with Gasteiger partial charge in [-0.05, 0) is 41.5 Å². The zero-order valence-electron chi connectivity index (χ0n) is 9.04. The summed E-state index contributed by atoms with van der Waals surface area (Å²) in [5.41, 5.74) is -0.869. The molecule has 0 aromatic carbocycles. The molecule has 13 heavy (non-hydrogen) atoms. The second-order valence-corrected chi connectivity index (χ2v) is 5.34. The highest BCUT2D eigenvalue weighted by Crippen LogP contribution is 2.15. The highest BCUT2D eigenvalue weighted by molar-refractivity contribution is 7.75. The van der Waals surface area contributed by atoms with E-state index >= 15 is 0 Å². The molecule has 0 spiro atoms. The van der Waals surface area contributed by atoms with Crippen LogP contribution >= 0.6 is 0 Å². The van der Waals surface area contributed by atoms with Gasteiger partial charge in [0.2, 0.25) is 0 Å². The lowest BCUT2D eigenvalue weighted by Crippen LogP contribution is -2.27. The van der Waals surface area contributed by atoms with Gasteiger partial charge in [-0.25, -0.2) is 0 Å². The minimum absolute atomic E-state index is 0. The first-order chi connectivity index (χ1) is 5.10. The van der Waals surface area contributed by atoms with Crippen LogP contribution in [0.1, 0.15) is 41.5 Å². The summed E-state index contributed by atoms with van der Waals surface area (Å²) < 4.78 is 21.3. The van der Waals surface area contributed by atoms with Gasteiger partial charge in [0.1, 0.15) is 0 Å². The molecule has 0 aliphatic rings. The second kappa shape index (κ2) is 5.02. The molecule has 0 rings (SSSR count). The molecule has 5 heteroatoms. The Labute approximate surface area is 82.0 Å². The third-order valence-electron chi connectivity index (χ3n) is 0.636. The smallest absolute Gasteiger partial charge is 0.269 e. The van der Waals surface area contributed by atoms with Crippen LogP contribution in [-0.2, 0) is 19.7 Å². The minimum atomic E-state index is -1.66. The Morgan fingerprint density at radius 3 is 1.23 bits per heavy atom. The molecule has 0 radical (unpaired) electrons. The van der Waals surface area contributed by atoms with E-state index in [4.69, 9.17) is 8.37 Å². The van der Waals surface area contributed by atoms with Crippen molar-refractivity contribution in [3.05, 3.63) is 0 Å². The fourth-order valence-corrected chi connectivity index (χ4v) is 1.28. The molecular formula is C8H19FO3S. The van der Waals surface area contributed by atoms with E-state index in [1.165, 1.54) is 0 Å². The Kier molecular flexibility index (Phi) is 5.98. The van der Waals surface area contributed by atoms with Gasteiger partial charge in [-0.15, -0.1) is 0 Å². The van der Waals surface area contributed by atoms with Crippen molar-refractivity contribution in [3.8, 4) is 0 Å². The van der Waals surface area contributed by atoms with Crippen molar-refractivity contribution in [2.24, 2.45) is 0 Å². The highest BCUT2D eigenvalue weighted by atomic mass is 32.2. The van der Waals surface area contributed by atoms with Crippen molar-refractivity contribution in [2.45, 2.75) is 52.7 Å². The minimum Gasteiger partial charge on any atom is -0.269 e. The van der Waals surface area contributed by atoms with Crippen LogP contribution in [0.4, 0.5) is 4.70 Å². The predicted octanol–water partition coefficient (Wildman–Crippen LogP) is 2.35. The van der Waals surface area contributed by atoms with Gasteiger partial charge in [0.05, 0.1) is 11.2 Å². The van der Waals surface area contributed by atoms with Gasteiger partial charge in [-0.2, -0.15) is 4.21 Å². The molecule has 0 heterocycles. The van der Waals surface area contributed by atoms with Crippen molar-refractivity contribution >= 4 is 11.4 Å². The molecule has 0 aromatic heterocycles. The van der Waals surface area contributed by atoms with E-state index in [9.17, 15) is 4.21 Å². The van der Waals surface area contributed by atoms with E-state index in [2.05, 4.69) is 0 Å². The van der Waals surface area contributed by atoms with Crippen molar-refractivity contribution in [1.82, 2.24) is 0 Å². The maximum absolute atomic E-state index is 11.1. The Morgan fingerprint density at radius 1 is 0.846 bits per heavy atom. The maximum Gasteiger partial charge on any atom is 0.305 e. The zero-order chi connectivity index (χ0) is 9.99. The van der Waals surface area contributed by atoms with Crippen LogP contribution in [0, 0.1) is 0 Å². The summed E-state index contributed by atoms with van der Waals surface area (Å²) >= 11 is -1.66. The molecule has 0 saturated heterocycles. The average Bonchev–Trinajstić information content (AvgIpc) is 1.49. The van der Waals surface area contributed by atoms with Crippen LogP contribution in [0.2, 0.25) is 0 Å². The lowest BCUT2D eigenvalue weighted by molar-refractivity contribution is 0.0783.